The Balaban J connectivity index is 2.09. The summed E-state index contributed by atoms with van der Waals surface area (Å²) in [4.78, 5) is 12.3. The fourth-order valence-electron chi connectivity index (χ4n) is 2.31. The molecule has 1 saturated heterocycles. The summed E-state index contributed by atoms with van der Waals surface area (Å²) in [7, 11) is 1.51. The number of anilines is 1. The molecule has 1 fully saturated rings. The molecule has 0 radical (unpaired) electrons. The maximum Gasteiger partial charge on any atom is 0.255 e. The molecule has 1 amide bonds. The van der Waals surface area contributed by atoms with E-state index in [0.717, 1.165) is 13.0 Å². The molecule has 0 saturated carbocycles. The van der Waals surface area contributed by atoms with Crippen LogP contribution in [0.15, 0.2) is 18.2 Å². The van der Waals surface area contributed by atoms with Crippen molar-refractivity contribution in [3.63, 3.8) is 0 Å². The third kappa shape index (κ3) is 2.98. The van der Waals surface area contributed by atoms with Crippen LogP contribution in [0, 0.1) is 5.92 Å². The number of para-hydroxylation sites is 1. The first kappa shape index (κ1) is 13.7. The highest BCUT2D eigenvalue weighted by Crippen LogP contribution is 2.26. The molecule has 1 aliphatic rings. The predicted molar refractivity (Wildman–Crippen MR) is 73.3 cm³/mol. The first-order valence-electron chi connectivity index (χ1n) is 6.44. The van der Waals surface area contributed by atoms with Gasteiger partial charge in [0.15, 0.2) is 5.75 Å². The van der Waals surface area contributed by atoms with Gasteiger partial charge in [0, 0.05) is 18.6 Å². The standard InChI is InChI=1S/C14H20N2O3/c1-9(10-6-7-19-8-10)16-14(17)11-4-3-5-12(15)13(11)18-2/h3-5,9-10H,6-8,15H2,1-2H3,(H,16,17). The van der Waals surface area contributed by atoms with E-state index in [0.29, 0.717) is 29.5 Å². The lowest BCUT2D eigenvalue weighted by molar-refractivity contribution is 0.0919. The maximum atomic E-state index is 12.3. The summed E-state index contributed by atoms with van der Waals surface area (Å²) < 4.78 is 10.5. The molecule has 1 aromatic rings. The summed E-state index contributed by atoms with van der Waals surface area (Å²) in [6, 6.07) is 5.24. The number of nitrogen functional groups attached to an aromatic ring is 1. The van der Waals surface area contributed by atoms with Crippen LogP contribution in [-0.2, 0) is 4.74 Å². The van der Waals surface area contributed by atoms with Crippen molar-refractivity contribution >= 4 is 11.6 Å². The number of rotatable bonds is 4. The van der Waals surface area contributed by atoms with Crippen molar-refractivity contribution in [1.82, 2.24) is 5.32 Å². The van der Waals surface area contributed by atoms with Crippen LogP contribution in [0.4, 0.5) is 5.69 Å². The molecule has 2 unspecified atom stereocenters. The average Bonchev–Trinajstić information content (AvgIpc) is 2.92. The van der Waals surface area contributed by atoms with E-state index in [1.165, 1.54) is 7.11 Å². The number of carbonyl (C=O) groups excluding carboxylic acids is 1. The van der Waals surface area contributed by atoms with Gasteiger partial charge in [-0.15, -0.1) is 0 Å². The van der Waals surface area contributed by atoms with E-state index in [1.54, 1.807) is 18.2 Å². The first-order valence-corrected chi connectivity index (χ1v) is 6.44. The van der Waals surface area contributed by atoms with Gasteiger partial charge in [-0.25, -0.2) is 0 Å². The Bertz CT molecular complexity index is 456. The van der Waals surface area contributed by atoms with Crippen molar-refractivity contribution in [2.45, 2.75) is 19.4 Å². The van der Waals surface area contributed by atoms with Gasteiger partial charge in [0.25, 0.3) is 5.91 Å². The second-order valence-corrected chi connectivity index (χ2v) is 4.81. The Morgan fingerprint density at radius 2 is 2.37 bits per heavy atom. The number of nitrogens with two attached hydrogens (primary N) is 1. The third-order valence-corrected chi connectivity index (χ3v) is 3.53. The summed E-state index contributed by atoms with van der Waals surface area (Å²) in [5.74, 6) is 0.634. The van der Waals surface area contributed by atoms with Crippen LogP contribution in [0.1, 0.15) is 23.7 Å². The summed E-state index contributed by atoms with van der Waals surface area (Å²) in [5.41, 5.74) is 6.73. The normalized spacial score (nSPS) is 20.0. The van der Waals surface area contributed by atoms with Gasteiger partial charge in [-0.3, -0.25) is 4.79 Å². The number of hydrogen-bond acceptors (Lipinski definition) is 4. The first-order chi connectivity index (χ1) is 9.13. The Morgan fingerprint density at radius 3 is 3.00 bits per heavy atom. The maximum absolute atomic E-state index is 12.3. The molecule has 5 heteroatoms. The molecule has 1 heterocycles. The molecule has 2 atom stereocenters. The van der Waals surface area contributed by atoms with Gasteiger partial charge >= 0.3 is 0 Å². The van der Waals surface area contributed by atoms with Crippen molar-refractivity contribution in [3.8, 4) is 5.75 Å². The van der Waals surface area contributed by atoms with Gasteiger partial charge in [0.05, 0.1) is 25.0 Å². The summed E-state index contributed by atoms with van der Waals surface area (Å²) in [5, 5.41) is 2.99. The smallest absolute Gasteiger partial charge is 0.255 e. The van der Waals surface area contributed by atoms with Crippen LogP contribution in [-0.4, -0.2) is 32.3 Å². The summed E-state index contributed by atoms with van der Waals surface area (Å²) in [6.07, 6.45) is 0.982. The number of benzene rings is 1. The zero-order valence-corrected chi connectivity index (χ0v) is 11.3. The Labute approximate surface area is 113 Å². The van der Waals surface area contributed by atoms with Gasteiger partial charge in [0.1, 0.15) is 0 Å². The lowest BCUT2D eigenvalue weighted by Crippen LogP contribution is -2.38. The molecular formula is C14H20N2O3. The van der Waals surface area contributed by atoms with Crippen molar-refractivity contribution in [2.75, 3.05) is 26.1 Å². The van der Waals surface area contributed by atoms with Crippen molar-refractivity contribution < 1.29 is 14.3 Å². The van der Waals surface area contributed by atoms with Crippen LogP contribution < -0.4 is 15.8 Å². The predicted octanol–water partition coefficient (Wildman–Crippen LogP) is 1.43. The fourth-order valence-corrected chi connectivity index (χ4v) is 2.31. The van der Waals surface area contributed by atoms with Gasteiger partial charge in [-0.2, -0.15) is 0 Å². The van der Waals surface area contributed by atoms with Crippen molar-refractivity contribution in [3.05, 3.63) is 23.8 Å². The van der Waals surface area contributed by atoms with Crippen LogP contribution in [0.25, 0.3) is 0 Å². The average molecular weight is 264 g/mol. The van der Waals surface area contributed by atoms with Crippen molar-refractivity contribution in [2.24, 2.45) is 5.92 Å². The highest BCUT2D eigenvalue weighted by atomic mass is 16.5. The van der Waals surface area contributed by atoms with Crippen molar-refractivity contribution in [1.29, 1.82) is 0 Å². The molecule has 104 valence electrons. The second kappa shape index (κ2) is 5.93. The lowest BCUT2D eigenvalue weighted by Gasteiger charge is -2.20. The minimum Gasteiger partial charge on any atom is -0.494 e. The number of nitrogens with one attached hydrogen (secondary N) is 1. The molecule has 1 aliphatic heterocycles. The van der Waals surface area contributed by atoms with E-state index < -0.39 is 0 Å². The third-order valence-electron chi connectivity index (χ3n) is 3.53. The number of carbonyl (C=O) groups is 1. The second-order valence-electron chi connectivity index (χ2n) is 4.81. The largest absolute Gasteiger partial charge is 0.494 e. The Kier molecular flexibility index (Phi) is 4.27. The SMILES string of the molecule is COc1c(N)cccc1C(=O)NC(C)C1CCOC1. The monoisotopic (exact) mass is 264 g/mol. The molecule has 0 bridgehead atoms. The number of amides is 1. The molecule has 5 nitrogen and oxygen atoms in total. The van der Waals surface area contributed by atoms with E-state index in [-0.39, 0.29) is 11.9 Å². The van der Waals surface area contributed by atoms with E-state index in [2.05, 4.69) is 5.32 Å². The van der Waals surface area contributed by atoms with Crippen LogP contribution >= 0.6 is 0 Å². The Hall–Kier alpha value is -1.75. The number of methoxy groups -OCH3 is 1. The van der Waals surface area contributed by atoms with E-state index in [9.17, 15) is 4.79 Å². The minimum absolute atomic E-state index is 0.0705. The molecule has 19 heavy (non-hydrogen) atoms. The minimum atomic E-state index is -0.163. The molecule has 2 rings (SSSR count). The zero-order chi connectivity index (χ0) is 13.8. The van der Waals surface area contributed by atoms with Crippen LogP contribution in [0.3, 0.4) is 0 Å². The fraction of sp³-hybridized carbons (Fsp3) is 0.500. The van der Waals surface area contributed by atoms with Crippen LogP contribution in [0.5, 0.6) is 5.75 Å². The topological polar surface area (TPSA) is 73.6 Å². The van der Waals surface area contributed by atoms with E-state index in [4.69, 9.17) is 15.2 Å². The number of ether oxygens (including phenoxy) is 2. The van der Waals surface area contributed by atoms with E-state index in [1.807, 2.05) is 6.92 Å². The molecule has 3 N–H and O–H groups in total. The molecular weight excluding hydrogens is 244 g/mol. The Morgan fingerprint density at radius 1 is 1.58 bits per heavy atom. The summed E-state index contributed by atoms with van der Waals surface area (Å²) in [6.45, 7) is 3.47. The van der Waals surface area contributed by atoms with Gasteiger partial charge in [-0.1, -0.05) is 6.07 Å². The molecule has 0 spiro atoms. The lowest BCUT2D eigenvalue weighted by atomic mass is 10.0. The highest BCUT2D eigenvalue weighted by molar-refractivity contribution is 5.98. The number of hydrogen-bond donors (Lipinski definition) is 2. The van der Waals surface area contributed by atoms with E-state index >= 15 is 0 Å². The molecule has 0 aliphatic carbocycles. The quantitative estimate of drug-likeness (QED) is 0.807. The highest BCUT2D eigenvalue weighted by Gasteiger charge is 2.25. The van der Waals surface area contributed by atoms with Gasteiger partial charge < -0.3 is 20.5 Å². The van der Waals surface area contributed by atoms with Crippen LogP contribution in [0.2, 0.25) is 0 Å². The van der Waals surface area contributed by atoms with Gasteiger partial charge in [-0.05, 0) is 25.5 Å². The zero-order valence-electron chi connectivity index (χ0n) is 11.3. The van der Waals surface area contributed by atoms with Gasteiger partial charge in [0.2, 0.25) is 0 Å². The molecule has 0 aromatic heterocycles. The summed E-state index contributed by atoms with van der Waals surface area (Å²) >= 11 is 0. The molecule has 1 aromatic carbocycles.